The van der Waals surface area contributed by atoms with Crippen molar-refractivity contribution >= 4 is 5.91 Å². The zero-order valence-electron chi connectivity index (χ0n) is 45.9. The summed E-state index contributed by atoms with van der Waals surface area (Å²) in [6, 6.07) is -0.844. The van der Waals surface area contributed by atoms with Gasteiger partial charge in [0.25, 0.3) is 0 Å². The van der Waals surface area contributed by atoms with Gasteiger partial charge in [0.1, 0.15) is 24.4 Å². The average Bonchev–Trinajstić information content (AvgIpc) is 3.38. The Morgan fingerprint density at radius 2 is 0.861 bits per heavy atom. The molecule has 7 atom stereocenters. The van der Waals surface area contributed by atoms with Crippen molar-refractivity contribution in [1.82, 2.24) is 5.32 Å². The van der Waals surface area contributed by atoms with E-state index < -0.39 is 49.5 Å². The van der Waals surface area contributed by atoms with Crippen molar-refractivity contribution in [3.05, 3.63) is 97.2 Å². The van der Waals surface area contributed by atoms with Crippen molar-refractivity contribution in [2.75, 3.05) is 13.2 Å². The van der Waals surface area contributed by atoms with E-state index in [0.29, 0.717) is 6.42 Å². The van der Waals surface area contributed by atoms with Gasteiger partial charge in [-0.25, -0.2) is 0 Å². The second-order valence-corrected chi connectivity index (χ2v) is 20.1. The number of hydrogen-bond acceptors (Lipinski definition) is 8. The first-order valence-electron chi connectivity index (χ1n) is 29.5. The van der Waals surface area contributed by atoms with E-state index >= 15 is 0 Å². The first-order chi connectivity index (χ1) is 35.3. The molecule has 1 amide bonds. The lowest BCUT2D eigenvalue weighted by Gasteiger charge is -2.40. The summed E-state index contributed by atoms with van der Waals surface area (Å²) < 4.78 is 11.3. The third-order valence-electron chi connectivity index (χ3n) is 13.4. The summed E-state index contributed by atoms with van der Waals surface area (Å²) >= 11 is 0. The fourth-order valence-corrected chi connectivity index (χ4v) is 8.79. The number of allylic oxidation sites excluding steroid dienone is 15. The van der Waals surface area contributed by atoms with Crippen LogP contribution in [0.5, 0.6) is 0 Å². The molecule has 0 radical (unpaired) electrons. The summed E-state index contributed by atoms with van der Waals surface area (Å²) in [5.74, 6) is -0.236. The molecule has 1 heterocycles. The van der Waals surface area contributed by atoms with Gasteiger partial charge in [0.2, 0.25) is 5.91 Å². The third kappa shape index (κ3) is 40.5. The first-order valence-corrected chi connectivity index (χ1v) is 29.5. The highest BCUT2D eigenvalue weighted by molar-refractivity contribution is 5.76. The van der Waals surface area contributed by atoms with Gasteiger partial charge in [0, 0.05) is 6.42 Å². The van der Waals surface area contributed by atoms with Gasteiger partial charge in [-0.15, -0.1) is 0 Å². The number of carbonyl (C=O) groups is 1. The lowest BCUT2D eigenvalue weighted by Crippen LogP contribution is -2.60. The molecule has 1 aliphatic rings. The molecule has 1 fully saturated rings. The maximum atomic E-state index is 13.0. The molecule has 0 saturated carbocycles. The van der Waals surface area contributed by atoms with Gasteiger partial charge >= 0.3 is 0 Å². The average molecular weight is 1010 g/mol. The minimum atomic E-state index is -1.58. The van der Waals surface area contributed by atoms with E-state index in [1.165, 1.54) is 141 Å². The normalized spacial score (nSPS) is 19.9. The SMILES string of the molecule is CC/C=C\C/C=C\C/C=C\C/C=C\C/C=C\C/C=C\C/C=C\CCCC(=O)NC(COC1OC(CO)C(O)C(O)C1O)C(O)/C=C/CCCCCCCCCCCCCCCCCCCCCCCCCC. The standard InChI is InChI=1S/C63H109NO8/c1-3-5-7-9-11-13-15-17-19-21-23-25-27-28-29-31-32-34-36-38-40-42-44-46-48-50-52-57(66)56(55-71-63-62(70)61(69)60(68)58(54-65)72-63)64-59(67)53-51-49-47-45-43-41-39-37-35-33-30-26-24-22-20-18-16-14-12-10-8-6-4-2/h6,8,12,14,18,20,24,26,33,35,39,41,45,47,50,52,56-58,60-63,65-66,68-70H,3-5,7,9-11,13,15-17,19,21-23,25,27-32,34,36-38,40,42-44,46,48-49,51,53-55H2,1-2H3,(H,64,67)/b8-6-,14-12-,20-18-,26-24-,35-33-,41-39-,47-45-,52-50+. The molecular formula is C63H109NO8. The molecule has 0 aliphatic carbocycles. The number of carbonyl (C=O) groups excluding carboxylic acids is 1. The van der Waals surface area contributed by atoms with Crippen LogP contribution in [0.4, 0.5) is 0 Å². The van der Waals surface area contributed by atoms with E-state index in [-0.39, 0.29) is 18.9 Å². The van der Waals surface area contributed by atoms with Crippen molar-refractivity contribution in [2.45, 2.75) is 281 Å². The lowest BCUT2D eigenvalue weighted by molar-refractivity contribution is -0.302. The Labute approximate surface area is 441 Å². The molecule has 6 N–H and O–H groups in total. The fraction of sp³-hybridized carbons (Fsp3) is 0.730. The van der Waals surface area contributed by atoms with Crippen LogP contribution in [0.15, 0.2) is 97.2 Å². The molecule has 7 unspecified atom stereocenters. The zero-order chi connectivity index (χ0) is 52.2. The summed E-state index contributed by atoms with van der Waals surface area (Å²) in [6.45, 7) is 3.64. The van der Waals surface area contributed by atoms with Gasteiger partial charge < -0.3 is 40.3 Å². The molecule has 0 aromatic rings. The van der Waals surface area contributed by atoms with Crippen LogP contribution >= 0.6 is 0 Å². The number of amides is 1. The van der Waals surface area contributed by atoms with Crippen LogP contribution in [-0.2, 0) is 14.3 Å². The van der Waals surface area contributed by atoms with Gasteiger partial charge in [0.05, 0.1) is 25.4 Å². The van der Waals surface area contributed by atoms with Crippen molar-refractivity contribution < 1.29 is 39.8 Å². The number of aliphatic hydroxyl groups is 5. The number of aliphatic hydroxyl groups excluding tert-OH is 5. The molecule has 9 heteroatoms. The Hall–Kier alpha value is -2.89. The summed E-state index contributed by atoms with van der Waals surface area (Å²) in [5.41, 5.74) is 0. The third-order valence-corrected chi connectivity index (χ3v) is 13.4. The summed E-state index contributed by atoms with van der Waals surface area (Å²) in [5, 5.41) is 54.5. The second kappa shape index (κ2) is 51.6. The Morgan fingerprint density at radius 3 is 1.26 bits per heavy atom. The first kappa shape index (κ1) is 67.1. The molecule has 1 rings (SSSR count). The monoisotopic (exact) mass is 1010 g/mol. The number of nitrogens with one attached hydrogen (secondary N) is 1. The molecule has 0 aromatic carbocycles. The fourth-order valence-electron chi connectivity index (χ4n) is 8.79. The predicted octanol–water partition coefficient (Wildman–Crippen LogP) is 14.8. The highest BCUT2D eigenvalue weighted by atomic mass is 16.7. The summed E-state index contributed by atoms with van der Waals surface area (Å²) in [7, 11) is 0. The minimum absolute atomic E-state index is 0.217. The Balaban J connectivity index is 2.28. The zero-order valence-corrected chi connectivity index (χ0v) is 45.9. The van der Waals surface area contributed by atoms with E-state index in [4.69, 9.17) is 9.47 Å². The van der Waals surface area contributed by atoms with Gasteiger partial charge in [-0.3, -0.25) is 4.79 Å². The topological polar surface area (TPSA) is 149 Å². The van der Waals surface area contributed by atoms with Crippen molar-refractivity contribution in [1.29, 1.82) is 0 Å². The van der Waals surface area contributed by atoms with Crippen molar-refractivity contribution in [2.24, 2.45) is 0 Å². The number of ether oxygens (including phenoxy) is 2. The molecule has 1 aliphatic heterocycles. The van der Waals surface area contributed by atoms with E-state index in [1.54, 1.807) is 6.08 Å². The molecule has 72 heavy (non-hydrogen) atoms. The predicted molar refractivity (Wildman–Crippen MR) is 304 cm³/mol. The maximum Gasteiger partial charge on any atom is 0.220 e. The Kier molecular flexibility index (Phi) is 48.1. The van der Waals surface area contributed by atoms with Crippen LogP contribution in [0, 0.1) is 0 Å². The van der Waals surface area contributed by atoms with Gasteiger partial charge in [0.15, 0.2) is 6.29 Å². The van der Waals surface area contributed by atoms with Gasteiger partial charge in [-0.1, -0.05) is 259 Å². The molecule has 0 bridgehead atoms. The summed E-state index contributed by atoms with van der Waals surface area (Å²) in [4.78, 5) is 13.0. The molecule has 1 saturated heterocycles. The Morgan fingerprint density at radius 1 is 0.486 bits per heavy atom. The van der Waals surface area contributed by atoms with E-state index in [0.717, 1.165) is 70.6 Å². The van der Waals surface area contributed by atoms with Crippen LogP contribution in [0.25, 0.3) is 0 Å². The molecular weight excluding hydrogens is 899 g/mol. The minimum Gasteiger partial charge on any atom is -0.394 e. The van der Waals surface area contributed by atoms with Crippen molar-refractivity contribution in [3.8, 4) is 0 Å². The molecule has 0 spiro atoms. The number of unbranched alkanes of at least 4 members (excludes halogenated alkanes) is 25. The Bertz CT molecular complexity index is 1450. The van der Waals surface area contributed by atoms with Crippen LogP contribution in [0.1, 0.15) is 239 Å². The van der Waals surface area contributed by atoms with Crippen molar-refractivity contribution in [3.63, 3.8) is 0 Å². The highest BCUT2D eigenvalue weighted by Crippen LogP contribution is 2.23. The molecule has 9 nitrogen and oxygen atoms in total. The maximum absolute atomic E-state index is 13.0. The summed E-state index contributed by atoms with van der Waals surface area (Å²) in [6.07, 6.45) is 67.6. The van der Waals surface area contributed by atoms with E-state index in [1.807, 2.05) is 6.08 Å². The molecule has 414 valence electrons. The second-order valence-electron chi connectivity index (χ2n) is 20.1. The van der Waals surface area contributed by atoms with Crippen LogP contribution in [0.2, 0.25) is 0 Å². The van der Waals surface area contributed by atoms with Crippen LogP contribution in [-0.4, -0.2) is 87.5 Å². The lowest BCUT2D eigenvalue weighted by atomic mass is 9.99. The van der Waals surface area contributed by atoms with Gasteiger partial charge in [-0.2, -0.15) is 0 Å². The molecule has 0 aromatic heterocycles. The number of rotatable bonds is 49. The quantitative estimate of drug-likeness (QED) is 0.0261. The smallest absolute Gasteiger partial charge is 0.220 e. The van der Waals surface area contributed by atoms with Crippen LogP contribution < -0.4 is 5.32 Å². The van der Waals surface area contributed by atoms with E-state index in [2.05, 4.69) is 104 Å². The van der Waals surface area contributed by atoms with Gasteiger partial charge in [-0.05, 0) is 70.6 Å². The largest absolute Gasteiger partial charge is 0.394 e. The van der Waals surface area contributed by atoms with E-state index in [9.17, 15) is 30.3 Å². The van der Waals surface area contributed by atoms with Crippen LogP contribution in [0.3, 0.4) is 0 Å². The highest BCUT2D eigenvalue weighted by Gasteiger charge is 2.44. The number of hydrogen-bond donors (Lipinski definition) is 6.